The van der Waals surface area contributed by atoms with Gasteiger partial charge in [0.1, 0.15) is 11.6 Å². The molecule has 2 heterocycles. The van der Waals surface area contributed by atoms with Crippen LogP contribution in [-0.2, 0) is 11.2 Å². The molecule has 0 bridgehead atoms. The molecular formula is C18H21F2N3O. The Balaban J connectivity index is 1.92. The van der Waals surface area contributed by atoms with Gasteiger partial charge in [0.05, 0.1) is 17.7 Å². The van der Waals surface area contributed by atoms with Crippen LogP contribution in [0, 0.1) is 25.5 Å². The number of nitrogens with one attached hydrogen (secondary N) is 1. The van der Waals surface area contributed by atoms with Crippen LogP contribution in [0.4, 0.5) is 8.78 Å². The number of aromatic nitrogens is 2. The molecule has 0 radical (unpaired) electrons. The summed E-state index contributed by atoms with van der Waals surface area (Å²) in [6, 6.07) is 1.88. The Kier molecular flexibility index (Phi) is 4.15. The molecule has 1 aliphatic rings. The summed E-state index contributed by atoms with van der Waals surface area (Å²) in [5.41, 5.74) is 3.63. The first kappa shape index (κ1) is 16.6. The normalized spacial score (nSPS) is 18.4. The number of carbonyl (C=O) groups excluding carboxylic acids is 1. The number of nitrogens with zero attached hydrogens (tertiary/aromatic N) is 2. The van der Waals surface area contributed by atoms with Crippen LogP contribution in [0.15, 0.2) is 12.1 Å². The average molecular weight is 333 g/mol. The van der Waals surface area contributed by atoms with Crippen LogP contribution in [0.1, 0.15) is 53.9 Å². The highest BCUT2D eigenvalue weighted by Gasteiger charge is 2.33. The Hall–Kier alpha value is -2.24. The molecule has 0 spiro atoms. The number of halogens is 2. The Morgan fingerprint density at radius 2 is 2.08 bits per heavy atom. The lowest BCUT2D eigenvalue weighted by Crippen LogP contribution is -2.41. The van der Waals surface area contributed by atoms with E-state index in [-0.39, 0.29) is 17.9 Å². The molecule has 1 N–H and O–H groups in total. The van der Waals surface area contributed by atoms with Gasteiger partial charge in [-0.05, 0) is 51.3 Å². The van der Waals surface area contributed by atoms with Crippen molar-refractivity contribution < 1.29 is 13.6 Å². The summed E-state index contributed by atoms with van der Waals surface area (Å²) in [7, 11) is 0. The number of hydrogen-bond donors (Lipinski definition) is 1. The third-order valence-corrected chi connectivity index (χ3v) is 4.99. The van der Waals surface area contributed by atoms with E-state index in [9.17, 15) is 13.6 Å². The monoisotopic (exact) mass is 333 g/mol. The van der Waals surface area contributed by atoms with E-state index in [1.165, 1.54) is 6.07 Å². The molecule has 2 atom stereocenters. The van der Waals surface area contributed by atoms with Crippen molar-refractivity contribution in [1.29, 1.82) is 0 Å². The summed E-state index contributed by atoms with van der Waals surface area (Å²) in [5.74, 6) is -1.54. The molecule has 0 aliphatic carbocycles. The lowest BCUT2D eigenvalue weighted by molar-refractivity contribution is -0.135. The van der Waals surface area contributed by atoms with Gasteiger partial charge in [0.25, 0.3) is 0 Å². The van der Waals surface area contributed by atoms with E-state index in [2.05, 4.69) is 10.2 Å². The van der Waals surface area contributed by atoms with Crippen molar-refractivity contribution in [3.05, 3.63) is 51.8 Å². The summed E-state index contributed by atoms with van der Waals surface area (Å²) in [6.07, 6.45) is 0.396. The van der Waals surface area contributed by atoms with Gasteiger partial charge >= 0.3 is 0 Å². The molecule has 1 amide bonds. The lowest BCUT2D eigenvalue weighted by atomic mass is 9.90. The maximum atomic E-state index is 14.0. The Morgan fingerprint density at radius 3 is 2.71 bits per heavy atom. The predicted octanol–water partition coefficient (Wildman–Crippen LogP) is 3.55. The number of aromatic amines is 1. The fraction of sp³-hybridized carbons (Fsp3) is 0.444. The van der Waals surface area contributed by atoms with Crippen molar-refractivity contribution in [3.8, 4) is 0 Å². The zero-order valence-electron chi connectivity index (χ0n) is 14.3. The Labute approximate surface area is 139 Å². The fourth-order valence-electron chi connectivity index (χ4n) is 3.72. The number of benzene rings is 1. The summed E-state index contributed by atoms with van der Waals surface area (Å²) in [5, 5.41) is 7.05. The molecule has 3 rings (SSSR count). The van der Waals surface area contributed by atoms with Crippen LogP contribution >= 0.6 is 0 Å². The van der Waals surface area contributed by atoms with E-state index >= 15 is 0 Å². The van der Waals surface area contributed by atoms with Crippen molar-refractivity contribution in [2.45, 2.75) is 46.1 Å². The number of amides is 1. The molecule has 1 aromatic heterocycles. The van der Waals surface area contributed by atoms with Crippen LogP contribution < -0.4 is 0 Å². The first-order chi connectivity index (χ1) is 11.3. The topological polar surface area (TPSA) is 49.0 Å². The van der Waals surface area contributed by atoms with Crippen molar-refractivity contribution in [2.75, 3.05) is 6.54 Å². The highest BCUT2D eigenvalue weighted by Crippen LogP contribution is 2.34. The van der Waals surface area contributed by atoms with Crippen LogP contribution in [0.5, 0.6) is 0 Å². The first-order valence-electron chi connectivity index (χ1n) is 8.11. The summed E-state index contributed by atoms with van der Waals surface area (Å²) >= 11 is 0. The maximum Gasteiger partial charge on any atom is 0.230 e. The van der Waals surface area contributed by atoms with Gasteiger partial charge < -0.3 is 4.90 Å². The molecule has 6 heteroatoms. The third-order valence-electron chi connectivity index (χ3n) is 4.99. The lowest BCUT2D eigenvalue weighted by Gasteiger charge is -2.37. The van der Waals surface area contributed by atoms with Gasteiger partial charge in [-0.15, -0.1) is 0 Å². The van der Waals surface area contributed by atoms with Gasteiger partial charge in [-0.1, -0.05) is 0 Å². The van der Waals surface area contributed by atoms with E-state index in [4.69, 9.17) is 0 Å². The molecule has 2 aromatic rings. The van der Waals surface area contributed by atoms with Crippen molar-refractivity contribution >= 4 is 5.91 Å². The number of fused-ring (bicyclic) bond motifs is 1. The second-order valence-electron chi connectivity index (χ2n) is 6.48. The predicted molar refractivity (Wildman–Crippen MR) is 86.7 cm³/mol. The molecule has 128 valence electrons. The van der Waals surface area contributed by atoms with Gasteiger partial charge in [0.15, 0.2) is 0 Å². The quantitative estimate of drug-likeness (QED) is 0.913. The van der Waals surface area contributed by atoms with Gasteiger partial charge in [0, 0.05) is 23.9 Å². The van der Waals surface area contributed by atoms with Crippen LogP contribution in [0.25, 0.3) is 0 Å². The zero-order chi connectivity index (χ0) is 17.6. The summed E-state index contributed by atoms with van der Waals surface area (Å²) < 4.78 is 27.6. The fourth-order valence-corrected chi connectivity index (χ4v) is 3.72. The molecule has 1 aromatic carbocycles. The molecule has 0 fully saturated rings. The van der Waals surface area contributed by atoms with Crippen LogP contribution in [0.3, 0.4) is 0 Å². The highest BCUT2D eigenvalue weighted by molar-refractivity contribution is 5.84. The highest BCUT2D eigenvalue weighted by atomic mass is 19.1. The van der Waals surface area contributed by atoms with Gasteiger partial charge in [-0.3, -0.25) is 9.89 Å². The Morgan fingerprint density at radius 1 is 1.38 bits per heavy atom. The standard InChI is InChI=1S/C18H21F2N3O/c1-9(17-10(2)21-22-11(17)3)18(24)23-6-5-14-15(12(23)4)7-13(19)8-16(14)20/h7-9,12H,5-6H2,1-4H3,(H,21,22). The van der Waals surface area contributed by atoms with Gasteiger partial charge in [0.2, 0.25) is 5.91 Å². The van der Waals surface area contributed by atoms with E-state index < -0.39 is 11.6 Å². The largest absolute Gasteiger partial charge is 0.335 e. The number of hydrogen-bond acceptors (Lipinski definition) is 2. The maximum absolute atomic E-state index is 14.0. The molecule has 0 saturated heterocycles. The SMILES string of the molecule is Cc1n[nH]c(C)c1C(C)C(=O)N1CCc2c(F)cc(F)cc2C1C. The van der Waals surface area contributed by atoms with E-state index in [0.29, 0.717) is 24.1 Å². The van der Waals surface area contributed by atoms with Crippen LogP contribution in [0.2, 0.25) is 0 Å². The number of rotatable bonds is 2. The summed E-state index contributed by atoms with van der Waals surface area (Å²) in [6.45, 7) is 7.84. The second kappa shape index (κ2) is 6.00. The minimum Gasteiger partial charge on any atom is -0.335 e. The minimum atomic E-state index is -0.609. The zero-order valence-corrected chi connectivity index (χ0v) is 14.3. The van der Waals surface area contributed by atoms with E-state index in [1.807, 2.05) is 27.7 Å². The first-order valence-corrected chi connectivity index (χ1v) is 8.11. The van der Waals surface area contributed by atoms with Gasteiger partial charge in [-0.25, -0.2) is 8.78 Å². The number of aryl methyl sites for hydroxylation is 2. The van der Waals surface area contributed by atoms with Crippen molar-refractivity contribution in [2.24, 2.45) is 0 Å². The molecule has 1 aliphatic heterocycles. The third kappa shape index (κ3) is 2.60. The smallest absolute Gasteiger partial charge is 0.230 e. The van der Waals surface area contributed by atoms with Gasteiger partial charge in [-0.2, -0.15) is 5.10 Å². The van der Waals surface area contributed by atoms with Crippen molar-refractivity contribution in [3.63, 3.8) is 0 Å². The minimum absolute atomic E-state index is 0.0505. The number of H-pyrrole nitrogens is 1. The van der Waals surface area contributed by atoms with E-state index in [1.54, 1.807) is 4.90 Å². The van der Waals surface area contributed by atoms with E-state index in [0.717, 1.165) is 23.0 Å². The molecule has 0 saturated carbocycles. The summed E-state index contributed by atoms with van der Waals surface area (Å²) in [4.78, 5) is 14.7. The average Bonchev–Trinajstić information content (AvgIpc) is 2.86. The molecule has 2 unspecified atom stereocenters. The Bertz CT molecular complexity index is 780. The molecular weight excluding hydrogens is 312 g/mol. The molecule has 4 nitrogen and oxygen atoms in total. The number of carbonyl (C=O) groups is 1. The van der Waals surface area contributed by atoms with Crippen LogP contribution in [-0.4, -0.2) is 27.5 Å². The molecule has 24 heavy (non-hydrogen) atoms. The van der Waals surface area contributed by atoms with Crippen molar-refractivity contribution in [1.82, 2.24) is 15.1 Å². The second-order valence-corrected chi connectivity index (χ2v) is 6.48.